The van der Waals surface area contributed by atoms with Crippen molar-refractivity contribution in [2.75, 3.05) is 24.6 Å². The van der Waals surface area contributed by atoms with Crippen LogP contribution in [0.5, 0.6) is 0 Å². The lowest BCUT2D eigenvalue weighted by atomic mass is 9.79. The van der Waals surface area contributed by atoms with E-state index in [9.17, 15) is 13.2 Å². The highest BCUT2D eigenvalue weighted by Crippen LogP contribution is 2.40. The molecule has 8 heteroatoms. The summed E-state index contributed by atoms with van der Waals surface area (Å²) in [7, 11) is -2.97. The summed E-state index contributed by atoms with van der Waals surface area (Å²) in [6.07, 6.45) is 2.33. The number of nitrogens with one attached hydrogen (secondary N) is 1. The van der Waals surface area contributed by atoms with Crippen molar-refractivity contribution in [3.05, 3.63) is 28.9 Å². The van der Waals surface area contributed by atoms with Crippen LogP contribution in [-0.2, 0) is 9.84 Å². The van der Waals surface area contributed by atoms with E-state index < -0.39 is 9.84 Å². The molecule has 2 saturated heterocycles. The normalized spacial score (nSPS) is 26.3. The number of aromatic nitrogens is 2. The summed E-state index contributed by atoms with van der Waals surface area (Å²) in [5.41, 5.74) is 0.833. The molecule has 2 aromatic rings. The third-order valence-electron chi connectivity index (χ3n) is 5.15. The minimum absolute atomic E-state index is 0.160. The molecule has 1 spiro atoms. The van der Waals surface area contributed by atoms with E-state index in [1.165, 1.54) is 0 Å². The molecule has 1 amide bonds. The Kier molecular flexibility index (Phi) is 3.61. The third kappa shape index (κ3) is 2.69. The molecule has 1 aromatic heterocycles. The summed E-state index contributed by atoms with van der Waals surface area (Å²) >= 11 is 6.03. The molecule has 3 heterocycles. The van der Waals surface area contributed by atoms with Crippen LogP contribution < -0.4 is 0 Å². The minimum atomic E-state index is -2.97. The molecule has 0 aliphatic carbocycles. The van der Waals surface area contributed by atoms with Crippen molar-refractivity contribution in [1.29, 1.82) is 0 Å². The topological polar surface area (TPSA) is 83.1 Å². The van der Waals surface area contributed by atoms with Gasteiger partial charge in [-0.1, -0.05) is 11.6 Å². The number of benzene rings is 1. The average molecular weight is 368 g/mol. The highest BCUT2D eigenvalue weighted by molar-refractivity contribution is 7.91. The Labute approximate surface area is 145 Å². The second-order valence-corrected chi connectivity index (χ2v) is 9.55. The van der Waals surface area contributed by atoms with Gasteiger partial charge in [-0.2, -0.15) is 5.10 Å². The van der Waals surface area contributed by atoms with Crippen LogP contribution in [0.2, 0.25) is 5.02 Å². The van der Waals surface area contributed by atoms with E-state index in [2.05, 4.69) is 10.2 Å². The van der Waals surface area contributed by atoms with Gasteiger partial charge in [0.2, 0.25) is 0 Å². The van der Waals surface area contributed by atoms with Crippen LogP contribution >= 0.6 is 11.6 Å². The monoisotopic (exact) mass is 367 g/mol. The molecule has 128 valence electrons. The molecule has 0 radical (unpaired) electrons. The van der Waals surface area contributed by atoms with Gasteiger partial charge in [0.15, 0.2) is 15.5 Å². The number of sulfone groups is 1. The predicted octanol–water partition coefficient (Wildman–Crippen LogP) is 2.26. The number of aromatic amines is 1. The maximum atomic E-state index is 12.9. The summed E-state index contributed by atoms with van der Waals surface area (Å²) in [4.78, 5) is 14.7. The fourth-order valence-corrected chi connectivity index (χ4v) is 6.36. The highest BCUT2D eigenvalue weighted by atomic mass is 35.5. The van der Waals surface area contributed by atoms with Crippen LogP contribution in [-0.4, -0.2) is 54.0 Å². The maximum absolute atomic E-state index is 12.9. The number of halogens is 1. The van der Waals surface area contributed by atoms with Crippen LogP contribution in [0.15, 0.2) is 18.2 Å². The number of H-pyrrole nitrogens is 1. The Bertz CT molecular complexity index is 924. The number of likely N-dealkylation sites (tertiary alicyclic amines) is 1. The van der Waals surface area contributed by atoms with Gasteiger partial charge < -0.3 is 4.90 Å². The van der Waals surface area contributed by atoms with E-state index in [4.69, 9.17) is 11.6 Å². The lowest BCUT2D eigenvalue weighted by molar-refractivity contribution is 0.0560. The zero-order chi connectivity index (χ0) is 16.9. The standard InChI is InChI=1S/C16H18ClN3O3S/c17-11-2-3-13-12(8-11)14(19-18-13)15(21)20-6-1-4-16(9-20)5-7-24(22,23)10-16/h2-3,8H,1,4-7,9-10H2,(H,18,19). The molecule has 0 bridgehead atoms. The lowest BCUT2D eigenvalue weighted by Crippen LogP contribution is -2.46. The Morgan fingerprint density at radius 3 is 2.92 bits per heavy atom. The first-order valence-corrected chi connectivity index (χ1v) is 10.2. The molecule has 2 aliphatic rings. The van der Waals surface area contributed by atoms with Crippen LogP contribution in [0.1, 0.15) is 29.8 Å². The van der Waals surface area contributed by atoms with Crippen molar-refractivity contribution in [3.8, 4) is 0 Å². The molecule has 0 saturated carbocycles. The molecule has 2 fully saturated rings. The summed E-state index contributed by atoms with van der Waals surface area (Å²) in [6.45, 7) is 1.12. The molecule has 1 atom stereocenters. The van der Waals surface area contributed by atoms with Gasteiger partial charge in [-0.15, -0.1) is 0 Å². The first kappa shape index (κ1) is 15.9. The number of fused-ring (bicyclic) bond motifs is 1. The van der Waals surface area contributed by atoms with Crippen molar-refractivity contribution in [3.63, 3.8) is 0 Å². The lowest BCUT2D eigenvalue weighted by Gasteiger charge is -2.39. The summed E-state index contributed by atoms with van der Waals surface area (Å²) < 4.78 is 23.8. The summed E-state index contributed by atoms with van der Waals surface area (Å²) in [5.74, 6) is 0.263. The van der Waals surface area contributed by atoms with Crippen molar-refractivity contribution in [2.45, 2.75) is 19.3 Å². The number of rotatable bonds is 1. The zero-order valence-electron chi connectivity index (χ0n) is 13.1. The number of hydrogen-bond donors (Lipinski definition) is 1. The Hall–Kier alpha value is -1.60. The first-order valence-electron chi connectivity index (χ1n) is 8.01. The largest absolute Gasteiger partial charge is 0.337 e. The molecule has 1 N–H and O–H groups in total. The summed E-state index contributed by atoms with van der Waals surface area (Å²) in [6, 6.07) is 5.27. The fraction of sp³-hybridized carbons (Fsp3) is 0.500. The molecular weight excluding hydrogens is 350 g/mol. The van der Waals surface area contributed by atoms with Gasteiger partial charge in [-0.05, 0) is 37.5 Å². The molecule has 1 aromatic carbocycles. The van der Waals surface area contributed by atoms with Gasteiger partial charge in [0.25, 0.3) is 5.91 Å². The smallest absolute Gasteiger partial charge is 0.275 e. The third-order valence-corrected chi connectivity index (χ3v) is 7.26. The van der Waals surface area contributed by atoms with E-state index in [0.717, 1.165) is 18.4 Å². The van der Waals surface area contributed by atoms with Crippen molar-refractivity contribution in [2.24, 2.45) is 5.41 Å². The average Bonchev–Trinajstić information content (AvgIpc) is 3.07. The SMILES string of the molecule is O=C(c1n[nH]c2ccc(Cl)cc12)N1CCCC2(CCS(=O)(=O)C2)C1. The highest BCUT2D eigenvalue weighted by Gasteiger charge is 2.45. The Morgan fingerprint density at radius 1 is 1.33 bits per heavy atom. The van der Waals surface area contributed by atoms with Crippen LogP contribution in [0.25, 0.3) is 10.9 Å². The van der Waals surface area contributed by atoms with Crippen molar-refractivity contribution >= 4 is 38.2 Å². The predicted molar refractivity (Wildman–Crippen MR) is 91.9 cm³/mol. The van der Waals surface area contributed by atoms with E-state index >= 15 is 0 Å². The molecule has 1 unspecified atom stereocenters. The fourth-order valence-electron chi connectivity index (χ4n) is 3.99. The van der Waals surface area contributed by atoms with Crippen LogP contribution in [0.4, 0.5) is 0 Å². The Balaban J connectivity index is 1.63. The number of hydrogen-bond acceptors (Lipinski definition) is 4. The minimum Gasteiger partial charge on any atom is -0.337 e. The molecule has 6 nitrogen and oxygen atoms in total. The van der Waals surface area contributed by atoms with Crippen LogP contribution in [0, 0.1) is 5.41 Å². The first-order chi connectivity index (χ1) is 11.4. The second-order valence-electron chi connectivity index (χ2n) is 6.93. The summed E-state index contributed by atoms with van der Waals surface area (Å²) in [5, 5.41) is 8.27. The number of piperidine rings is 1. The van der Waals surface area contributed by atoms with Gasteiger partial charge in [0, 0.05) is 28.9 Å². The zero-order valence-corrected chi connectivity index (χ0v) is 14.7. The Morgan fingerprint density at radius 2 is 2.17 bits per heavy atom. The van der Waals surface area contributed by atoms with E-state index in [1.807, 2.05) is 0 Å². The van der Waals surface area contributed by atoms with Gasteiger partial charge in [-0.25, -0.2) is 8.42 Å². The van der Waals surface area contributed by atoms with Gasteiger partial charge in [-0.3, -0.25) is 9.89 Å². The molecule has 24 heavy (non-hydrogen) atoms. The number of nitrogens with zero attached hydrogens (tertiary/aromatic N) is 2. The molecule has 2 aliphatic heterocycles. The number of amides is 1. The number of carbonyl (C=O) groups is 1. The van der Waals surface area contributed by atoms with E-state index in [-0.39, 0.29) is 22.8 Å². The van der Waals surface area contributed by atoms with Crippen molar-refractivity contribution < 1.29 is 13.2 Å². The second kappa shape index (κ2) is 5.46. The number of carbonyl (C=O) groups excluding carboxylic acids is 1. The van der Waals surface area contributed by atoms with Crippen LogP contribution in [0.3, 0.4) is 0 Å². The maximum Gasteiger partial charge on any atom is 0.275 e. The van der Waals surface area contributed by atoms with Gasteiger partial charge in [0.05, 0.1) is 17.0 Å². The van der Waals surface area contributed by atoms with E-state index in [0.29, 0.717) is 35.6 Å². The quantitative estimate of drug-likeness (QED) is 0.838. The van der Waals surface area contributed by atoms with Gasteiger partial charge >= 0.3 is 0 Å². The molecule has 4 rings (SSSR count). The van der Waals surface area contributed by atoms with E-state index in [1.54, 1.807) is 23.1 Å². The van der Waals surface area contributed by atoms with Crippen molar-refractivity contribution in [1.82, 2.24) is 15.1 Å². The molecular formula is C16H18ClN3O3S. The van der Waals surface area contributed by atoms with Gasteiger partial charge in [0.1, 0.15) is 0 Å².